The van der Waals surface area contributed by atoms with Crippen LogP contribution in [0.4, 0.5) is 0 Å². The van der Waals surface area contributed by atoms with E-state index < -0.39 is 6.04 Å². The van der Waals surface area contributed by atoms with Gasteiger partial charge in [0.05, 0.1) is 19.0 Å². The van der Waals surface area contributed by atoms with Crippen LogP contribution >= 0.6 is 0 Å². The van der Waals surface area contributed by atoms with Gasteiger partial charge in [-0.3, -0.25) is 9.59 Å². The fraction of sp³-hybridized carbons (Fsp3) is 0.300. The predicted octanol–water partition coefficient (Wildman–Crippen LogP) is 1.76. The van der Waals surface area contributed by atoms with Crippen LogP contribution in [0.1, 0.15) is 23.7 Å². The number of carbonyl (C=O) groups excluding carboxylic acids is 2. The molecule has 0 radical (unpaired) electrons. The fourth-order valence-electron chi connectivity index (χ4n) is 3.54. The minimum Gasteiger partial charge on any atom is -0.497 e. The molecule has 28 heavy (non-hydrogen) atoms. The highest BCUT2D eigenvalue weighted by molar-refractivity contribution is 6.02. The van der Waals surface area contributed by atoms with Crippen LogP contribution in [-0.4, -0.2) is 57.6 Å². The van der Waals surface area contributed by atoms with E-state index in [0.29, 0.717) is 30.7 Å². The van der Waals surface area contributed by atoms with Gasteiger partial charge in [0.15, 0.2) is 5.65 Å². The second-order valence-corrected chi connectivity index (χ2v) is 6.57. The summed E-state index contributed by atoms with van der Waals surface area (Å²) in [5.74, 6) is 0.418. The van der Waals surface area contributed by atoms with Crippen LogP contribution in [0.15, 0.2) is 42.7 Å². The summed E-state index contributed by atoms with van der Waals surface area (Å²) in [6.07, 6.45) is 3.74. The van der Waals surface area contributed by atoms with Crippen molar-refractivity contribution < 1.29 is 14.3 Å². The molecular formula is C20H21N5O3. The van der Waals surface area contributed by atoms with Crippen LogP contribution in [-0.2, 0) is 4.79 Å². The first-order chi connectivity index (χ1) is 13.6. The summed E-state index contributed by atoms with van der Waals surface area (Å²) in [7, 11) is 1.62. The Bertz CT molecular complexity index is 1030. The molecule has 1 aliphatic rings. The number of aromatic nitrogens is 3. The number of piperazine rings is 1. The molecule has 0 spiro atoms. The molecule has 1 atom stereocenters. The summed E-state index contributed by atoms with van der Waals surface area (Å²) >= 11 is 0. The number of rotatable bonds is 4. The maximum Gasteiger partial charge on any atom is 0.260 e. The lowest BCUT2D eigenvalue weighted by atomic mass is 10.1. The van der Waals surface area contributed by atoms with Crippen LogP contribution in [0.2, 0.25) is 0 Å². The molecule has 1 aliphatic heterocycles. The van der Waals surface area contributed by atoms with E-state index in [-0.39, 0.29) is 11.8 Å². The van der Waals surface area contributed by atoms with Crippen molar-refractivity contribution in [1.82, 2.24) is 24.8 Å². The Labute approximate surface area is 162 Å². The van der Waals surface area contributed by atoms with E-state index >= 15 is 0 Å². The third-order valence-electron chi connectivity index (χ3n) is 5.00. The van der Waals surface area contributed by atoms with Crippen LogP contribution in [0, 0.1) is 0 Å². The van der Waals surface area contributed by atoms with Gasteiger partial charge in [0, 0.05) is 24.8 Å². The monoisotopic (exact) mass is 379 g/mol. The van der Waals surface area contributed by atoms with E-state index in [0.717, 1.165) is 17.0 Å². The number of amides is 2. The molecule has 0 unspecified atom stereocenters. The molecule has 0 bridgehead atoms. The summed E-state index contributed by atoms with van der Waals surface area (Å²) in [5, 5.41) is 7.21. The molecule has 0 aliphatic carbocycles. The summed E-state index contributed by atoms with van der Waals surface area (Å²) in [5.41, 5.74) is 2.61. The number of carbonyl (C=O) groups is 2. The standard InChI is InChI=1S/C20H21N5O3/c1-3-16-19(26)22-10-11-24(16)20(27)15-12-23-25-17(8-9-21-18(15)25)13-4-6-14(28-2)7-5-13/h4-9,12,16H,3,10-11H2,1-2H3,(H,22,26)/t16-/m1/s1. The number of hydrogen-bond acceptors (Lipinski definition) is 5. The first-order valence-corrected chi connectivity index (χ1v) is 9.20. The highest BCUT2D eigenvalue weighted by Crippen LogP contribution is 2.24. The Morgan fingerprint density at radius 3 is 2.79 bits per heavy atom. The Morgan fingerprint density at radius 1 is 1.29 bits per heavy atom. The number of methoxy groups -OCH3 is 1. The van der Waals surface area contributed by atoms with Gasteiger partial charge in [-0.15, -0.1) is 0 Å². The maximum absolute atomic E-state index is 13.2. The van der Waals surface area contributed by atoms with Crippen molar-refractivity contribution in [3.05, 3.63) is 48.3 Å². The molecule has 4 rings (SSSR count). The molecule has 0 saturated carbocycles. The summed E-state index contributed by atoms with van der Waals surface area (Å²) in [6, 6.07) is 8.97. The van der Waals surface area contributed by atoms with E-state index in [1.165, 1.54) is 6.20 Å². The summed E-state index contributed by atoms with van der Waals surface area (Å²) in [4.78, 5) is 31.3. The number of benzene rings is 1. The van der Waals surface area contributed by atoms with Gasteiger partial charge in [0.2, 0.25) is 5.91 Å². The minimum atomic E-state index is -0.471. The zero-order valence-electron chi connectivity index (χ0n) is 15.8. The van der Waals surface area contributed by atoms with Gasteiger partial charge in [-0.2, -0.15) is 5.10 Å². The first-order valence-electron chi connectivity index (χ1n) is 9.20. The van der Waals surface area contributed by atoms with Crippen molar-refractivity contribution in [2.45, 2.75) is 19.4 Å². The molecule has 144 valence electrons. The van der Waals surface area contributed by atoms with Gasteiger partial charge in [0.25, 0.3) is 5.91 Å². The van der Waals surface area contributed by atoms with Crippen molar-refractivity contribution in [2.75, 3.05) is 20.2 Å². The number of fused-ring (bicyclic) bond motifs is 1. The molecule has 3 heterocycles. The Kier molecular flexibility index (Phi) is 4.68. The summed E-state index contributed by atoms with van der Waals surface area (Å²) in [6.45, 7) is 2.81. The van der Waals surface area contributed by atoms with Crippen LogP contribution in [0.3, 0.4) is 0 Å². The van der Waals surface area contributed by atoms with Crippen molar-refractivity contribution in [3.8, 4) is 17.0 Å². The van der Waals surface area contributed by atoms with Crippen molar-refractivity contribution in [3.63, 3.8) is 0 Å². The fourth-order valence-corrected chi connectivity index (χ4v) is 3.54. The second kappa shape index (κ2) is 7.30. The van der Waals surface area contributed by atoms with Crippen molar-refractivity contribution in [2.24, 2.45) is 0 Å². The largest absolute Gasteiger partial charge is 0.497 e. The average Bonchev–Trinajstić information content (AvgIpc) is 3.17. The second-order valence-electron chi connectivity index (χ2n) is 6.57. The lowest BCUT2D eigenvalue weighted by Gasteiger charge is -2.34. The number of ether oxygens (including phenoxy) is 1. The van der Waals surface area contributed by atoms with Gasteiger partial charge >= 0.3 is 0 Å². The highest BCUT2D eigenvalue weighted by Gasteiger charge is 2.33. The smallest absolute Gasteiger partial charge is 0.260 e. The molecule has 8 heteroatoms. The van der Waals surface area contributed by atoms with Crippen molar-refractivity contribution in [1.29, 1.82) is 0 Å². The van der Waals surface area contributed by atoms with E-state index in [1.807, 2.05) is 37.3 Å². The summed E-state index contributed by atoms with van der Waals surface area (Å²) < 4.78 is 6.86. The topological polar surface area (TPSA) is 88.8 Å². The molecule has 3 aromatic rings. The molecule has 1 N–H and O–H groups in total. The normalized spacial score (nSPS) is 16.9. The van der Waals surface area contributed by atoms with Gasteiger partial charge in [-0.25, -0.2) is 9.50 Å². The first kappa shape index (κ1) is 18.0. The number of hydrogen-bond donors (Lipinski definition) is 1. The van der Waals surface area contributed by atoms with Crippen LogP contribution < -0.4 is 10.1 Å². The minimum absolute atomic E-state index is 0.120. The zero-order valence-corrected chi connectivity index (χ0v) is 15.8. The Balaban J connectivity index is 1.73. The third kappa shape index (κ3) is 2.96. The number of nitrogens with one attached hydrogen (secondary N) is 1. The Hall–Kier alpha value is -3.42. The van der Waals surface area contributed by atoms with Gasteiger partial charge in [0.1, 0.15) is 17.4 Å². The van der Waals surface area contributed by atoms with Gasteiger partial charge in [-0.05, 0) is 36.8 Å². The number of nitrogens with zero attached hydrogens (tertiary/aromatic N) is 4. The molecule has 1 fully saturated rings. The van der Waals surface area contributed by atoms with Crippen LogP contribution in [0.25, 0.3) is 16.9 Å². The lowest BCUT2D eigenvalue weighted by Crippen LogP contribution is -2.56. The van der Waals surface area contributed by atoms with E-state index in [2.05, 4.69) is 15.4 Å². The van der Waals surface area contributed by atoms with Crippen LogP contribution in [0.5, 0.6) is 5.75 Å². The lowest BCUT2D eigenvalue weighted by molar-refractivity contribution is -0.127. The van der Waals surface area contributed by atoms with E-state index in [1.54, 1.807) is 22.7 Å². The van der Waals surface area contributed by atoms with E-state index in [4.69, 9.17) is 4.74 Å². The SMILES string of the molecule is CC[C@@H]1C(=O)NCCN1C(=O)c1cnn2c(-c3ccc(OC)cc3)ccnc12. The quantitative estimate of drug-likeness (QED) is 0.746. The zero-order chi connectivity index (χ0) is 19.7. The predicted molar refractivity (Wildman–Crippen MR) is 103 cm³/mol. The molecule has 2 aromatic heterocycles. The van der Waals surface area contributed by atoms with Crippen molar-refractivity contribution >= 4 is 17.5 Å². The average molecular weight is 379 g/mol. The molecule has 8 nitrogen and oxygen atoms in total. The Morgan fingerprint density at radius 2 is 2.07 bits per heavy atom. The van der Waals surface area contributed by atoms with E-state index in [9.17, 15) is 9.59 Å². The third-order valence-corrected chi connectivity index (χ3v) is 5.00. The molecule has 1 saturated heterocycles. The van der Waals surface area contributed by atoms with Gasteiger partial charge in [-0.1, -0.05) is 6.92 Å². The van der Waals surface area contributed by atoms with Gasteiger partial charge < -0.3 is 15.0 Å². The highest BCUT2D eigenvalue weighted by atomic mass is 16.5. The molecular weight excluding hydrogens is 358 g/mol. The maximum atomic E-state index is 13.2. The molecule has 1 aromatic carbocycles. The molecule has 2 amide bonds.